The van der Waals surface area contributed by atoms with Crippen LogP contribution < -0.4 is 0 Å². The standard InChI is InChI=1S/2C5H5.2NO3.Zr/c2*1-2-4-5-3-1;2*2-1(3)4;/h2*1-5H;;;/q4*-1;+4. The molecule has 2 aromatic rings. The van der Waals surface area contributed by atoms with Crippen LogP contribution in [0.25, 0.3) is 0 Å². The summed E-state index contributed by atoms with van der Waals surface area (Å²) in [5, 5.41) is 29.5. The molecule has 0 atom stereocenters. The van der Waals surface area contributed by atoms with Crippen LogP contribution >= 0.6 is 0 Å². The maximum Gasteiger partial charge on any atom is 4.00 e. The second-order valence-corrected chi connectivity index (χ2v) is 2.37. The van der Waals surface area contributed by atoms with Gasteiger partial charge in [-0.2, -0.15) is 36.4 Å². The molecule has 0 aliphatic rings. The topological polar surface area (TPSA) is 132 Å². The van der Waals surface area contributed by atoms with Gasteiger partial charge in [-0.15, -0.1) is 0 Å². The minimum Gasteiger partial charge on any atom is -0.356 e. The number of hydrogen-bond donors (Lipinski definition) is 0. The molecular formula is C10H10N2O6Zr. The average Bonchev–Trinajstić information content (AvgIpc) is 2.96. The zero-order valence-electron chi connectivity index (χ0n) is 9.62. The summed E-state index contributed by atoms with van der Waals surface area (Å²) in [5.74, 6) is 0. The Balaban J connectivity index is -0.000000178. The van der Waals surface area contributed by atoms with Crippen LogP contribution in [0.5, 0.6) is 0 Å². The van der Waals surface area contributed by atoms with E-state index in [2.05, 4.69) is 0 Å². The summed E-state index contributed by atoms with van der Waals surface area (Å²) in [6, 6.07) is 20.0. The van der Waals surface area contributed by atoms with Gasteiger partial charge in [-0.3, -0.25) is 0 Å². The summed E-state index contributed by atoms with van der Waals surface area (Å²) in [7, 11) is 0. The van der Waals surface area contributed by atoms with E-state index in [1.165, 1.54) is 0 Å². The summed E-state index contributed by atoms with van der Waals surface area (Å²) in [6.07, 6.45) is 0. The van der Waals surface area contributed by atoms with Gasteiger partial charge in [-0.25, -0.2) is 24.3 Å². The summed E-state index contributed by atoms with van der Waals surface area (Å²) in [4.78, 5) is 16.5. The van der Waals surface area contributed by atoms with E-state index < -0.39 is 10.2 Å². The Kier molecular flexibility index (Phi) is 21.4. The van der Waals surface area contributed by atoms with Crippen molar-refractivity contribution in [2.24, 2.45) is 0 Å². The van der Waals surface area contributed by atoms with E-state index in [0.29, 0.717) is 0 Å². The molecule has 0 spiro atoms. The molecule has 0 aliphatic heterocycles. The summed E-state index contributed by atoms with van der Waals surface area (Å²) in [5.41, 5.74) is 0. The molecule has 0 unspecified atom stereocenters. The van der Waals surface area contributed by atoms with Gasteiger partial charge in [0.15, 0.2) is 0 Å². The first-order valence-corrected chi connectivity index (χ1v) is 4.43. The number of rotatable bonds is 0. The van der Waals surface area contributed by atoms with Crippen LogP contribution in [-0.2, 0) is 26.2 Å². The third-order valence-corrected chi connectivity index (χ3v) is 1.11. The Morgan fingerprint density at radius 3 is 0.842 bits per heavy atom. The van der Waals surface area contributed by atoms with Gasteiger partial charge < -0.3 is 30.6 Å². The third-order valence-electron chi connectivity index (χ3n) is 1.11. The first-order valence-electron chi connectivity index (χ1n) is 4.43. The number of nitrogens with zero attached hydrogens (tertiary/aromatic N) is 2. The van der Waals surface area contributed by atoms with Crippen LogP contribution in [0.4, 0.5) is 0 Å². The van der Waals surface area contributed by atoms with E-state index in [1.807, 2.05) is 60.7 Å². The quantitative estimate of drug-likeness (QED) is 0.409. The van der Waals surface area contributed by atoms with Crippen molar-refractivity contribution in [1.82, 2.24) is 0 Å². The second kappa shape index (κ2) is 18.4. The molecule has 100 valence electrons. The Labute approximate surface area is 128 Å². The molecule has 0 aliphatic carbocycles. The normalized spacial score (nSPS) is 6.74. The summed E-state index contributed by atoms with van der Waals surface area (Å²) < 4.78 is 0. The average molecular weight is 345 g/mol. The molecule has 0 aromatic heterocycles. The molecule has 0 heterocycles. The van der Waals surface area contributed by atoms with Gasteiger partial charge in [0.1, 0.15) is 0 Å². The zero-order chi connectivity index (χ0) is 14.2. The van der Waals surface area contributed by atoms with Crippen LogP contribution in [0.1, 0.15) is 0 Å². The molecule has 0 amide bonds. The molecule has 0 radical (unpaired) electrons. The van der Waals surface area contributed by atoms with Gasteiger partial charge in [-0.1, -0.05) is 0 Å². The Morgan fingerprint density at radius 1 is 0.632 bits per heavy atom. The fourth-order valence-corrected chi connectivity index (χ4v) is 0.642. The van der Waals surface area contributed by atoms with E-state index in [-0.39, 0.29) is 26.2 Å². The van der Waals surface area contributed by atoms with E-state index >= 15 is 0 Å². The van der Waals surface area contributed by atoms with Crippen LogP contribution in [0.15, 0.2) is 60.7 Å². The Bertz CT molecular complexity index is 296. The molecule has 0 saturated carbocycles. The van der Waals surface area contributed by atoms with E-state index in [4.69, 9.17) is 30.6 Å². The molecule has 9 heteroatoms. The van der Waals surface area contributed by atoms with Crippen LogP contribution in [0.2, 0.25) is 0 Å². The van der Waals surface area contributed by atoms with Gasteiger partial charge in [-0.05, 0) is 0 Å². The maximum absolute atomic E-state index is 8.25. The number of hydrogen-bond acceptors (Lipinski definition) is 6. The molecule has 8 nitrogen and oxygen atoms in total. The minimum atomic E-state index is -1.75. The third kappa shape index (κ3) is 49.0. The van der Waals surface area contributed by atoms with Crippen molar-refractivity contribution in [3.05, 3.63) is 91.3 Å². The van der Waals surface area contributed by atoms with Crippen LogP contribution in [0.3, 0.4) is 0 Å². The van der Waals surface area contributed by atoms with Crippen LogP contribution in [-0.4, -0.2) is 10.2 Å². The summed E-state index contributed by atoms with van der Waals surface area (Å²) >= 11 is 0. The predicted molar refractivity (Wildman–Crippen MR) is 64.8 cm³/mol. The van der Waals surface area contributed by atoms with Gasteiger partial charge in [0, 0.05) is 0 Å². The van der Waals surface area contributed by atoms with Gasteiger partial charge in [0.2, 0.25) is 0 Å². The minimum absolute atomic E-state index is 0. The van der Waals surface area contributed by atoms with E-state index in [9.17, 15) is 0 Å². The predicted octanol–water partition coefficient (Wildman–Crippen LogP) is 2.33. The molecule has 0 saturated heterocycles. The second-order valence-electron chi connectivity index (χ2n) is 2.37. The van der Waals surface area contributed by atoms with E-state index in [0.717, 1.165) is 0 Å². The van der Waals surface area contributed by atoms with Crippen molar-refractivity contribution in [2.45, 2.75) is 0 Å². The van der Waals surface area contributed by atoms with E-state index in [1.54, 1.807) is 0 Å². The first-order chi connectivity index (χ1) is 8.46. The van der Waals surface area contributed by atoms with Crippen molar-refractivity contribution in [3.8, 4) is 0 Å². The largest absolute Gasteiger partial charge is 4.00 e. The van der Waals surface area contributed by atoms with Crippen LogP contribution in [0, 0.1) is 30.6 Å². The van der Waals surface area contributed by atoms with Crippen molar-refractivity contribution >= 4 is 0 Å². The van der Waals surface area contributed by atoms with Crippen molar-refractivity contribution in [3.63, 3.8) is 0 Å². The van der Waals surface area contributed by atoms with Gasteiger partial charge in [0.05, 0.1) is 10.2 Å². The monoisotopic (exact) mass is 344 g/mol. The molecule has 0 N–H and O–H groups in total. The molecule has 19 heavy (non-hydrogen) atoms. The van der Waals surface area contributed by atoms with Gasteiger partial charge >= 0.3 is 26.2 Å². The fraction of sp³-hybridized carbons (Fsp3) is 0. The maximum atomic E-state index is 8.25. The Morgan fingerprint density at radius 2 is 0.789 bits per heavy atom. The molecule has 0 fully saturated rings. The SMILES string of the molecule is O=[N+]([O-])[O-].O=[N+]([O-])[O-].[Zr+4].c1cc[cH-]c1.c1cc[cH-]c1. The fourth-order valence-electron chi connectivity index (χ4n) is 0.642. The molecular weight excluding hydrogens is 335 g/mol. The molecule has 2 aromatic carbocycles. The smallest absolute Gasteiger partial charge is 0.356 e. The van der Waals surface area contributed by atoms with Crippen molar-refractivity contribution in [2.75, 3.05) is 0 Å². The first kappa shape index (κ1) is 22.2. The zero-order valence-corrected chi connectivity index (χ0v) is 12.1. The van der Waals surface area contributed by atoms with Crippen molar-refractivity contribution < 1.29 is 36.4 Å². The molecule has 0 bridgehead atoms. The summed E-state index contributed by atoms with van der Waals surface area (Å²) in [6.45, 7) is 0. The van der Waals surface area contributed by atoms with Crippen molar-refractivity contribution in [1.29, 1.82) is 0 Å². The molecule has 2 rings (SSSR count). The van der Waals surface area contributed by atoms with Gasteiger partial charge in [0.25, 0.3) is 0 Å². The Hall–Kier alpha value is -2.02.